The van der Waals surface area contributed by atoms with Crippen LogP contribution in [-0.4, -0.2) is 27.7 Å². The molecule has 1 unspecified atom stereocenters. The van der Waals surface area contributed by atoms with Gasteiger partial charge in [-0.3, -0.25) is 4.79 Å². The highest BCUT2D eigenvalue weighted by molar-refractivity contribution is 5.96. The first-order chi connectivity index (χ1) is 14.9. The van der Waals surface area contributed by atoms with Crippen LogP contribution in [0, 0.1) is 24.2 Å². The number of nitrogens with one attached hydrogen (secondary N) is 1. The minimum atomic E-state index is -0.826. The second-order valence-corrected chi connectivity index (χ2v) is 7.44. The van der Waals surface area contributed by atoms with Crippen molar-refractivity contribution in [3.63, 3.8) is 0 Å². The quantitative estimate of drug-likeness (QED) is 0.594. The Morgan fingerprint density at radius 3 is 2.29 bits per heavy atom. The second kappa shape index (κ2) is 9.72. The van der Waals surface area contributed by atoms with Crippen LogP contribution in [0.1, 0.15) is 41.2 Å². The lowest BCUT2D eigenvalue weighted by Crippen LogP contribution is -2.45. The van der Waals surface area contributed by atoms with Crippen molar-refractivity contribution in [2.24, 2.45) is 5.92 Å². The number of para-hydroxylation sites is 1. The van der Waals surface area contributed by atoms with Gasteiger partial charge in [0, 0.05) is 5.56 Å². The third-order valence-corrected chi connectivity index (χ3v) is 4.86. The highest BCUT2D eigenvalue weighted by Gasteiger charge is 2.27. The molecule has 1 heterocycles. The number of carbonyl (C=O) groups excluding carboxylic acids is 2. The Hall–Kier alpha value is -3.92. The molecule has 7 heteroatoms. The fourth-order valence-electron chi connectivity index (χ4n) is 3.18. The third-order valence-electron chi connectivity index (χ3n) is 4.86. The number of aromatic nitrogens is 2. The van der Waals surface area contributed by atoms with Crippen LogP contribution >= 0.6 is 0 Å². The van der Waals surface area contributed by atoms with Crippen molar-refractivity contribution >= 4 is 11.9 Å². The Labute approximate surface area is 181 Å². The number of carbonyl (C=O) groups is 2. The number of aryl methyl sites for hydroxylation is 1. The van der Waals surface area contributed by atoms with Crippen LogP contribution in [0.2, 0.25) is 0 Å². The molecule has 0 saturated heterocycles. The Morgan fingerprint density at radius 2 is 1.71 bits per heavy atom. The number of nitrogens with zero attached hydrogens (tertiary/aromatic N) is 3. The Morgan fingerprint density at radius 1 is 1.10 bits per heavy atom. The van der Waals surface area contributed by atoms with Crippen LogP contribution in [0.3, 0.4) is 0 Å². The summed E-state index contributed by atoms with van der Waals surface area (Å²) in [4.78, 5) is 25.3. The number of esters is 1. The van der Waals surface area contributed by atoms with Crippen LogP contribution in [0.5, 0.6) is 0 Å². The number of rotatable bonds is 7. The first kappa shape index (κ1) is 21.8. The predicted molar refractivity (Wildman–Crippen MR) is 115 cm³/mol. The molecule has 2 aromatic carbocycles. The standard InChI is InChI=1S/C24H24N4O3/c1-16(2)22(26-23(29)18-10-6-4-7-11-18)24(30)31-15-21-20(14-25)17(3)27-28(21)19-12-8-5-9-13-19/h4-13,16,22H,15H2,1-3H3,(H,26,29). The van der Waals surface area contributed by atoms with Crippen LogP contribution in [-0.2, 0) is 16.1 Å². The maximum absolute atomic E-state index is 12.8. The molecule has 1 N–H and O–H groups in total. The number of hydrogen-bond donors (Lipinski definition) is 1. The SMILES string of the molecule is Cc1nn(-c2ccccc2)c(COC(=O)C(NC(=O)c2ccccc2)C(C)C)c1C#N. The zero-order chi connectivity index (χ0) is 22.4. The van der Waals surface area contributed by atoms with E-state index in [1.807, 2.05) is 50.2 Å². The molecule has 0 bridgehead atoms. The van der Waals surface area contributed by atoms with Gasteiger partial charge in [0.25, 0.3) is 5.91 Å². The van der Waals surface area contributed by atoms with E-state index in [4.69, 9.17) is 4.74 Å². The van der Waals surface area contributed by atoms with Crippen molar-refractivity contribution in [1.29, 1.82) is 5.26 Å². The van der Waals surface area contributed by atoms with Crippen molar-refractivity contribution < 1.29 is 14.3 Å². The molecule has 0 spiro atoms. The van der Waals surface area contributed by atoms with Crippen molar-refractivity contribution in [2.75, 3.05) is 0 Å². The van der Waals surface area contributed by atoms with E-state index >= 15 is 0 Å². The van der Waals surface area contributed by atoms with Gasteiger partial charge in [-0.05, 0) is 37.1 Å². The summed E-state index contributed by atoms with van der Waals surface area (Å²) in [6.45, 7) is 5.26. The minimum absolute atomic E-state index is 0.137. The van der Waals surface area contributed by atoms with Crippen LogP contribution in [0.15, 0.2) is 60.7 Å². The van der Waals surface area contributed by atoms with E-state index in [2.05, 4.69) is 16.5 Å². The lowest BCUT2D eigenvalue weighted by Gasteiger charge is -2.21. The van der Waals surface area contributed by atoms with Gasteiger partial charge in [0.05, 0.1) is 17.1 Å². The summed E-state index contributed by atoms with van der Waals surface area (Å²) in [7, 11) is 0. The topological polar surface area (TPSA) is 97.0 Å². The molecule has 7 nitrogen and oxygen atoms in total. The molecule has 0 radical (unpaired) electrons. The van der Waals surface area contributed by atoms with E-state index in [0.717, 1.165) is 5.69 Å². The lowest BCUT2D eigenvalue weighted by atomic mass is 10.0. The molecule has 1 aromatic heterocycles. The molecule has 3 aromatic rings. The van der Waals surface area contributed by atoms with Crippen molar-refractivity contribution in [2.45, 2.75) is 33.4 Å². The Kier molecular flexibility index (Phi) is 6.83. The van der Waals surface area contributed by atoms with Gasteiger partial charge in [-0.25, -0.2) is 9.48 Å². The summed E-state index contributed by atoms with van der Waals surface area (Å²) < 4.78 is 7.15. The summed E-state index contributed by atoms with van der Waals surface area (Å²) in [5, 5.41) is 16.7. The molecule has 158 valence electrons. The highest BCUT2D eigenvalue weighted by atomic mass is 16.5. The first-order valence-corrected chi connectivity index (χ1v) is 9.99. The fourth-order valence-corrected chi connectivity index (χ4v) is 3.18. The maximum Gasteiger partial charge on any atom is 0.329 e. The zero-order valence-corrected chi connectivity index (χ0v) is 17.7. The van der Waals surface area contributed by atoms with E-state index in [-0.39, 0.29) is 18.4 Å². The molecule has 0 saturated carbocycles. The van der Waals surface area contributed by atoms with Crippen molar-refractivity contribution in [3.8, 4) is 11.8 Å². The molecule has 0 aliphatic rings. The Bertz CT molecular complexity index is 1100. The van der Waals surface area contributed by atoms with Gasteiger partial charge < -0.3 is 10.1 Å². The molecular formula is C24H24N4O3. The summed E-state index contributed by atoms with van der Waals surface area (Å²) in [6.07, 6.45) is 0. The highest BCUT2D eigenvalue weighted by Crippen LogP contribution is 2.19. The average Bonchev–Trinajstić information content (AvgIpc) is 3.11. The van der Waals surface area contributed by atoms with E-state index < -0.39 is 12.0 Å². The van der Waals surface area contributed by atoms with E-state index in [1.54, 1.807) is 35.9 Å². The summed E-state index contributed by atoms with van der Waals surface area (Å²) in [5.41, 5.74) is 2.62. The first-order valence-electron chi connectivity index (χ1n) is 9.99. The molecule has 0 fully saturated rings. The second-order valence-electron chi connectivity index (χ2n) is 7.44. The van der Waals surface area contributed by atoms with Crippen LogP contribution < -0.4 is 5.32 Å². The molecule has 1 amide bonds. The fraction of sp³-hybridized carbons (Fsp3) is 0.250. The number of ether oxygens (including phenoxy) is 1. The van der Waals surface area contributed by atoms with Gasteiger partial charge in [0.2, 0.25) is 0 Å². The van der Waals surface area contributed by atoms with E-state index in [9.17, 15) is 14.9 Å². The number of hydrogen-bond acceptors (Lipinski definition) is 5. The van der Waals surface area contributed by atoms with Crippen LogP contribution in [0.25, 0.3) is 5.69 Å². The van der Waals surface area contributed by atoms with E-state index in [0.29, 0.717) is 22.5 Å². The van der Waals surface area contributed by atoms with Gasteiger partial charge in [0.1, 0.15) is 24.3 Å². The van der Waals surface area contributed by atoms with E-state index in [1.165, 1.54) is 0 Å². The molecular weight excluding hydrogens is 392 g/mol. The smallest absolute Gasteiger partial charge is 0.329 e. The number of benzene rings is 2. The monoisotopic (exact) mass is 416 g/mol. The number of nitriles is 1. The molecule has 0 aliphatic carbocycles. The maximum atomic E-state index is 12.8. The largest absolute Gasteiger partial charge is 0.458 e. The lowest BCUT2D eigenvalue weighted by molar-refractivity contribution is -0.148. The van der Waals surface area contributed by atoms with Gasteiger partial charge in [0.15, 0.2) is 0 Å². The Balaban J connectivity index is 1.79. The van der Waals surface area contributed by atoms with Crippen molar-refractivity contribution in [1.82, 2.24) is 15.1 Å². The zero-order valence-electron chi connectivity index (χ0n) is 17.7. The average molecular weight is 416 g/mol. The summed E-state index contributed by atoms with van der Waals surface area (Å²) in [5.74, 6) is -1.10. The van der Waals surface area contributed by atoms with Gasteiger partial charge in [-0.2, -0.15) is 10.4 Å². The molecule has 0 aliphatic heterocycles. The van der Waals surface area contributed by atoms with Crippen LogP contribution in [0.4, 0.5) is 0 Å². The van der Waals surface area contributed by atoms with Crippen molar-refractivity contribution in [3.05, 3.63) is 83.2 Å². The molecule has 31 heavy (non-hydrogen) atoms. The van der Waals surface area contributed by atoms with Gasteiger partial charge in [-0.1, -0.05) is 50.2 Å². The summed E-state index contributed by atoms with van der Waals surface area (Å²) in [6, 6.07) is 19.3. The minimum Gasteiger partial charge on any atom is -0.458 e. The van der Waals surface area contributed by atoms with Gasteiger partial charge in [-0.15, -0.1) is 0 Å². The van der Waals surface area contributed by atoms with Gasteiger partial charge >= 0.3 is 5.97 Å². The number of amides is 1. The normalized spacial score (nSPS) is 11.6. The molecule has 1 atom stereocenters. The summed E-state index contributed by atoms with van der Waals surface area (Å²) >= 11 is 0. The molecule has 3 rings (SSSR count). The third kappa shape index (κ3) is 4.98. The predicted octanol–water partition coefficient (Wildman–Crippen LogP) is 3.55.